The summed E-state index contributed by atoms with van der Waals surface area (Å²) in [4.78, 5) is 0. The van der Waals surface area contributed by atoms with Gasteiger partial charge in [-0.05, 0) is 52.3 Å². The Hall–Kier alpha value is -0.490. The molecule has 0 aliphatic rings. The Kier molecular flexibility index (Phi) is 5.77. The predicted octanol–water partition coefficient (Wildman–Crippen LogP) is 5.84. The summed E-state index contributed by atoms with van der Waals surface area (Å²) in [6.07, 6.45) is 0. The van der Waals surface area contributed by atoms with Gasteiger partial charge in [-0.2, -0.15) is 0 Å². The topological polar surface area (TPSA) is 12.0 Å². The van der Waals surface area contributed by atoms with Gasteiger partial charge in [-0.25, -0.2) is 8.78 Å². The molecule has 2 aromatic rings. The summed E-state index contributed by atoms with van der Waals surface area (Å²) < 4.78 is 29.2. The molecule has 0 saturated carbocycles. The Morgan fingerprint density at radius 1 is 1.10 bits per heavy atom. The fraction of sp³-hybridized carbons (Fsp3) is 0.200. The zero-order valence-corrected chi connectivity index (χ0v) is 15.0. The number of benzene rings is 2. The first-order valence-electron chi connectivity index (χ1n) is 6.27. The van der Waals surface area contributed by atoms with E-state index in [-0.39, 0.29) is 10.8 Å². The van der Waals surface area contributed by atoms with Crippen molar-refractivity contribution in [3.8, 4) is 0 Å². The Morgan fingerprint density at radius 2 is 1.76 bits per heavy atom. The van der Waals surface area contributed by atoms with Crippen LogP contribution in [0.4, 0.5) is 8.78 Å². The maximum absolute atomic E-state index is 14.4. The van der Waals surface area contributed by atoms with E-state index in [9.17, 15) is 8.78 Å². The molecule has 1 N–H and O–H groups in total. The van der Waals surface area contributed by atoms with Crippen molar-refractivity contribution >= 4 is 43.5 Å². The van der Waals surface area contributed by atoms with Gasteiger partial charge in [0.05, 0.1) is 11.1 Å². The van der Waals surface area contributed by atoms with Crippen molar-refractivity contribution < 1.29 is 8.78 Å². The van der Waals surface area contributed by atoms with E-state index in [1.165, 1.54) is 12.1 Å². The zero-order chi connectivity index (χ0) is 15.6. The van der Waals surface area contributed by atoms with Gasteiger partial charge < -0.3 is 5.32 Å². The first-order valence-corrected chi connectivity index (χ1v) is 8.23. The number of hydrogen-bond acceptors (Lipinski definition) is 1. The summed E-state index contributed by atoms with van der Waals surface area (Å²) in [5.74, 6) is -0.895. The highest BCUT2D eigenvalue weighted by atomic mass is 79.9. The van der Waals surface area contributed by atoms with Gasteiger partial charge in [0.15, 0.2) is 0 Å². The van der Waals surface area contributed by atoms with Crippen LogP contribution in [0.3, 0.4) is 0 Å². The summed E-state index contributed by atoms with van der Waals surface area (Å²) >= 11 is 12.5. The lowest BCUT2D eigenvalue weighted by atomic mass is 9.98. The molecule has 0 aliphatic heterocycles. The van der Waals surface area contributed by atoms with Gasteiger partial charge in [0, 0.05) is 14.5 Å². The Morgan fingerprint density at radius 3 is 2.43 bits per heavy atom. The van der Waals surface area contributed by atoms with Gasteiger partial charge in [0.2, 0.25) is 0 Å². The predicted molar refractivity (Wildman–Crippen MR) is 88.7 cm³/mol. The van der Waals surface area contributed by atoms with Gasteiger partial charge in [0.25, 0.3) is 0 Å². The maximum atomic E-state index is 14.4. The lowest BCUT2D eigenvalue weighted by molar-refractivity contribution is 0.553. The van der Waals surface area contributed by atoms with Crippen LogP contribution < -0.4 is 5.32 Å². The van der Waals surface area contributed by atoms with Crippen LogP contribution in [0, 0.1) is 11.6 Å². The van der Waals surface area contributed by atoms with Crippen LogP contribution in [0.15, 0.2) is 39.3 Å². The molecule has 2 aromatic carbocycles. The monoisotopic (exact) mass is 437 g/mol. The normalized spacial score (nSPS) is 12.5. The van der Waals surface area contributed by atoms with E-state index in [2.05, 4.69) is 37.2 Å². The molecule has 0 aromatic heterocycles. The van der Waals surface area contributed by atoms with E-state index in [0.29, 0.717) is 26.6 Å². The first-order chi connectivity index (χ1) is 9.95. The fourth-order valence-electron chi connectivity index (χ4n) is 2.09. The van der Waals surface area contributed by atoms with Crippen molar-refractivity contribution in [3.63, 3.8) is 0 Å². The van der Waals surface area contributed by atoms with Gasteiger partial charge >= 0.3 is 0 Å². The molecule has 2 rings (SSSR count). The van der Waals surface area contributed by atoms with E-state index < -0.39 is 11.9 Å². The Balaban J connectivity index is 2.59. The van der Waals surface area contributed by atoms with E-state index in [0.717, 1.165) is 0 Å². The molecular formula is C15H12Br2ClF2N. The number of hydrogen-bond donors (Lipinski definition) is 1. The average molecular weight is 440 g/mol. The zero-order valence-electron chi connectivity index (χ0n) is 11.1. The van der Waals surface area contributed by atoms with Crippen molar-refractivity contribution in [2.75, 3.05) is 6.54 Å². The highest BCUT2D eigenvalue weighted by Gasteiger charge is 2.22. The minimum Gasteiger partial charge on any atom is -0.306 e. The third-order valence-corrected chi connectivity index (χ3v) is 5.03. The molecule has 1 unspecified atom stereocenters. The number of halogens is 5. The third-order valence-electron chi connectivity index (χ3n) is 3.05. The van der Waals surface area contributed by atoms with Crippen LogP contribution in [0.2, 0.25) is 5.02 Å². The third kappa shape index (κ3) is 3.65. The smallest absolute Gasteiger partial charge is 0.148 e. The van der Waals surface area contributed by atoms with Crippen LogP contribution >= 0.6 is 43.5 Å². The van der Waals surface area contributed by atoms with Crippen LogP contribution in [0.1, 0.15) is 24.1 Å². The Labute approximate surface area is 144 Å². The van der Waals surface area contributed by atoms with E-state index in [1.54, 1.807) is 18.2 Å². The molecule has 0 saturated heterocycles. The standard InChI is InChI=1S/C15H12Br2ClF2N/c1-2-21-15(10-7-8(19)3-5-11(10)16)9-4-6-12(17)13(18)14(9)20/h3-7,15,21H,2H2,1H3. The number of nitrogens with one attached hydrogen (secondary N) is 1. The van der Waals surface area contributed by atoms with E-state index in [1.807, 2.05) is 6.92 Å². The fourth-order valence-corrected chi connectivity index (χ4v) is 3.05. The molecule has 21 heavy (non-hydrogen) atoms. The average Bonchev–Trinajstić information content (AvgIpc) is 2.46. The van der Waals surface area contributed by atoms with Gasteiger partial charge in [-0.1, -0.05) is 40.5 Å². The molecule has 112 valence electrons. The molecule has 1 atom stereocenters. The largest absolute Gasteiger partial charge is 0.306 e. The summed E-state index contributed by atoms with van der Waals surface area (Å²) in [7, 11) is 0. The molecule has 0 amide bonds. The van der Waals surface area contributed by atoms with Crippen LogP contribution in [0.5, 0.6) is 0 Å². The second kappa shape index (κ2) is 7.18. The van der Waals surface area contributed by atoms with Crippen molar-refractivity contribution in [1.29, 1.82) is 0 Å². The second-order valence-corrected chi connectivity index (χ2v) is 6.51. The molecular weight excluding hydrogens is 427 g/mol. The summed E-state index contributed by atoms with van der Waals surface area (Å²) in [6, 6.07) is 7.15. The first kappa shape index (κ1) is 16.9. The van der Waals surface area contributed by atoms with Crippen molar-refractivity contribution in [2.45, 2.75) is 13.0 Å². The van der Waals surface area contributed by atoms with Crippen molar-refractivity contribution in [2.24, 2.45) is 0 Å². The molecule has 0 fully saturated rings. The van der Waals surface area contributed by atoms with Crippen molar-refractivity contribution in [3.05, 3.63) is 67.1 Å². The van der Waals surface area contributed by atoms with Crippen LogP contribution in [-0.4, -0.2) is 6.54 Å². The molecule has 1 nitrogen and oxygen atoms in total. The molecule has 0 radical (unpaired) electrons. The molecule has 0 heterocycles. The molecule has 0 bridgehead atoms. The Bertz CT molecular complexity index is 664. The highest BCUT2D eigenvalue weighted by molar-refractivity contribution is 9.10. The van der Waals surface area contributed by atoms with Crippen LogP contribution in [-0.2, 0) is 0 Å². The second-order valence-electron chi connectivity index (χ2n) is 4.42. The number of rotatable bonds is 4. The van der Waals surface area contributed by atoms with Gasteiger partial charge in [0.1, 0.15) is 11.6 Å². The van der Waals surface area contributed by atoms with E-state index in [4.69, 9.17) is 11.6 Å². The molecule has 0 aliphatic carbocycles. The summed E-state index contributed by atoms with van der Waals surface area (Å²) in [6.45, 7) is 2.50. The quantitative estimate of drug-likeness (QED) is 0.590. The lowest BCUT2D eigenvalue weighted by Gasteiger charge is -2.21. The highest BCUT2D eigenvalue weighted by Crippen LogP contribution is 2.35. The minimum absolute atomic E-state index is 0.0166. The van der Waals surface area contributed by atoms with Crippen LogP contribution in [0.25, 0.3) is 0 Å². The summed E-state index contributed by atoms with van der Waals surface area (Å²) in [5.41, 5.74) is 0.991. The molecule has 6 heteroatoms. The van der Waals surface area contributed by atoms with Gasteiger partial charge in [-0.15, -0.1) is 0 Å². The maximum Gasteiger partial charge on any atom is 0.148 e. The SMILES string of the molecule is CCNC(c1cc(F)ccc1Br)c1ccc(Br)c(Cl)c1F. The minimum atomic E-state index is -0.520. The molecule has 0 spiro atoms. The van der Waals surface area contributed by atoms with E-state index >= 15 is 0 Å². The lowest BCUT2D eigenvalue weighted by Crippen LogP contribution is -2.23. The van der Waals surface area contributed by atoms with Gasteiger partial charge in [-0.3, -0.25) is 0 Å². The van der Waals surface area contributed by atoms with Crippen molar-refractivity contribution in [1.82, 2.24) is 5.32 Å². The summed E-state index contributed by atoms with van der Waals surface area (Å²) in [5, 5.41) is 3.18.